The first-order valence-electron chi connectivity index (χ1n) is 11.3. The van der Waals surface area contributed by atoms with Crippen molar-refractivity contribution < 1.29 is 28.6 Å². The van der Waals surface area contributed by atoms with Gasteiger partial charge in [0.2, 0.25) is 0 Å². The number of phenols is 1. The van der Waals surface area contributed by atoms with Gasteiger partial charge in [0.1, 0.15) is 17.2 Å². The van der Waals surface area contributed by atoms with Crippen LogP contribution in [-0.2, 0) is 14.3 Å². The first kappa shape index (κ1) is 24.6. The van der Waals surface area contributed by atoms with E-state index < -0.39 is 29.5 Å². The Kier molecular flexibility index (Phi) is 7.30. The minimum Gasteiger partial charge on any atom is -0.507 e. The number of alkyl carbamates (subject to hydrolysis) is 1. The van der Waals surface area contributed by atoms with Crippen LogP contribution < -0.4 is 5.32 Å². The van der Waals surface area contributed by atoms with E-state index in [1.165, 1.54) is 0 Å². The summed E-state index contributed by atoms with van der Waals surface area (Å²) in [5.41, 5.74) is 1.97. The molecule has 0 aromatic heterocycles. The summed E-state index contributed by atoms with van der Waals surface area (Å²) in [5.74, 6) is -0.870. The van der Waals surface area contributed by atoms with Crippen molar-refractivity contribution >= 4 is 12.1 Å². The van der Waals surface area contributed by atoms with E-state index >= 15 is 4.39 Å². The van der Waals surface area contributed by atoms with Gasteiger partial charge in [-0.3, -0.25) is 4.79 Å². The summed E-state index contributed by atoms with van der Waals surface area (Å²) in [7, 11) is 0. The maximum absolute atomic E-state index is 15.7. The number of rotatable bonds is 7. The van der Waals surface area contributed by atoms with Crippen molar-refractivity contribution in [3.8, 4) is 16.9 Å². The summed E-state index contributed by atoms with van der Waals surface area (Å²) in [4.78, 5) is 24.9. The molecule has 1 atom stereocenters. The zero-order valence-corrected chi connectivity index (χ0v) is 19.8. The van der Waals surface area contributed by atoms with Crippen molar-refractivity contribution in [1.82, 2.24) is 5.32 Å². The van der Waals surface area contributed by atoms with Crippen LogP contribution in [0.5, 0.6) is 5.75 Å². The van der Waals surface area contributed by atoms with Crippen LogP contribution in [0.3, 0.4) is 0 Å². The van der Waals surface area contributed by atoms with E-state index in [2.05, 4.69) is 5.32 Å². The van der Waals surface area contributed by atoms with E-state index in [0.717, 1.165) is 18.4 Å². The van der Waals surface area contributed by atoms with Gasteiger partial charge in [-0.2, -0.15) is 0 Å². The molecule has 6 nitrogen and oxygen atoms in total. The summed E-state index contributed by atoms with van der Waals surface area (Å²) in [6.07, 6.45) is 0.717. The van der Waals surface area contributed by atoms with Crippen LogP contribution in [0.25, 0.3) is 11.1 Å². The summed E-state index contributed by atoms with van der Waals surface area (Å²) in [5, 5.41) is 13.2. The Bertz CT molecular complexity index is 1020. The van der Waals surface area contributed by atoms with Crippen molar-refractivity contribution in [3.05, 3.63) is 52.8 Å². The van der Waals surface area contributed by atoms with Crippen LogP contribution in [-0.4, -0.2) is 29.4 Å². The average molecular weight is 458 g/mol. The molecule has 2 aromatic rings. The van der Waals surface area contributed by atoms with Crippen LogP contribution in [0.1, 0.15) is 75.6 Å². The fourth-order valence-corrected chi connectivity index (χ4v) is 3.86. The topological polar surface area (TPSA) is 84.9 Å². The summed E-state index contributed by atoms with van der Waals surface area (Å²) < 4.78 is 26.1. The second-order valence-electron chi connectivity index (χ2n) is 9.42. The third kappa shape index (κ3) is 6.24. The monoisotopic (exact) mass is 457 g/mol. The highest BCUT2D eigenvalue weighted by Crippen LogP contribution is 2.45. The van der Waals surface area contributed by atoms with Crippen LogP contribution in [0.2, 0.25) is 0 Å². The van der Waals surface area contributed by atoms with Gasteiger partial charge in [-0.15, -0.1) is 0 Å². The van der Waals surface area contributed by atoms with Crippen molar-refractivity contribution in [1.29, 1.82) is 0 Å². The van der Waals surface area contributed by atoms with Gasteiger partial charge < -0.3 is 19.9 Å². The number of ether oxygens (including phenoxy) is 2. The summed E-state index contributed by atoms with van der Waals surface area (Å²) >= 11 is 0. The molecule has 7 heteroatoms. The third-order valence-electron chi connectivity index (χ3n) is 5.43. The molecule has 1 aliphatic carbocycles. The van der Waals surface area contributed by atoms with Crippen LogP contribution in [0.4, 0.5) is 9.18 Å². The Morgan fingerprint density at radius 3 is 2.52 bits per heavy atom. The number of phenolic OH excluding ortho intramolecular Hbond substituents is 1. The Balaban J connectivity index is 2.10. The van der Waals surface area contributed by atoms with Crippen molar-refractivity contribution in [3.63, 3.8) is 0 Å². The van der Waals surface area contributed by atoms with Gasteiger partial charge in [0.15, 0.2) is 0 Å². The van der Waals surface area contributed by atoms with E-state index in [0.29, 0.717) is 16.7 Å². The van der Waals surface area contributed by atoms with Gasteiger partial charge in [-0.25, -0.2) is 9.18 Å². The van der Waals surface area contributed by atoms with Crippen molar-refractivity contribution in [2.45, 2.75) is 71.4 Å². The number of amides is 1. The van der Waals surface area contributed by atoms with E-state index in [4.69, 9.17) is 9.47 Å². The van der Waals surface area contributed by atoms with Gasteiger partial charge in [0, 0.05) is 11.1 Å². The predicted octanol–water partition coefficient (Wildman–Crippen LogP) is 5.90. The first-order chi connectivity index (χ1) is 15.5. The van der Waals surface area contributed by atoms with Crippen LogP contribution in [0, 0.1) is 12.7 Å². The van der Waals surface area contributed by atoms with Crippen LogP contribution in [0.15, 0.2) is 30.3 Å². The van der Waals surface area contributed by atoms with Gasteiger partial charge in [0.25, 0.3) is 0 Å². The molecule has 0 spiro atoms. The fraction of sp³-hybridized carbons (Fsp3) is 0.462. The van der Waals surface area contributed by atoms with E-state index in [1.807, 2.05) is 13.0 Å². The zero-order chi connectivity index (χ0) is 24.3. The van der Waals surface area contributed by atoms with E-state index in [1.54, 1.807) is 52.0 Å². The zero-order valence-electron chi connectivity index (χ0n) is 19.8. The molecule has 2 N–H and O–H groups in total. The summed E-state index contributed by atoms with van der Waals surface area (Å²) in [6, 6.07) is 7.54. The lowest BCUT2D eigenvalue weighted by Gasteiger charge is -2.25. The lowest BCUT2D eigenvalue weighted by molar-refractivity contribution is -0.143. The number of aromatic hydroxyl groups is 1. The van der Waals surface area contributed by atoms with E-state index in [9.17, 15) is 14.7 Å². The van der Waals surface area contributed by atoms with Gasteiger partial charge in [0.05, 0.1) is 19.1 Å². The molecule has 33 heavy (non-hydrogen) atoms. The molecule has 1 saturated carbocycles. The predicted molar refractivity (Wildman–Crippen MR) is 124 cm³/mol. The minimum atomic E-state index is -0.998. The lowest BCUT2D eigenvalue weighted by atomic mass is 9.90. The number of carbonyl (C=O) groups excluding carboxylic acids is 2. The highest BCUT2D eigenvalue weighted by molar-refractivity contribution is 5.77. The summed E-state index contributed by atoms with van der Waals surface area (Å²) in [6.45, 7) is 8.89. The molecule has 3 rings (SSSR count). The highest BCUT2D eigenvalue weighted by Gasteiger charge is 2.32. The minimum absolute atomic E-state index is 0.0691. The molecule has 178 valence electrons. The lowest BCUT2D eigenvalue weighted by Crippen LogP contribution is -2.36. The van der Waals surface area contributed by atoms with Gasteiger partial charge in [-0.05, 0) is 88.3 Å². The Morgan fingerprint density at radius 2 is 1.94 bits per heavy atom. The molecular weight excluding hydrogens is 425 g/mol. The second-order valence-corrected chi connectivity index (χ2v) is 9.42. The largest absolute Gasteiger partial charge is 0.507 e. The molecule has 0 heterocycles. The molecule has 0 bridgehead atoms. The number of aryl methyl sites for hydroxylation is 1. The molecule has 1 aliphatic rings. The Hall–Kier alpha value is -3.09. The smallest absolute Gasteiger partial charge is 0.408 e. The van der Waals surface area contributed by atoms with Gasteiger partial charge in [-0.1, -0.05) is 12.1 Å². The quantitative estimate of drug-likeness (QED) is 0.506. The second kappa shape index (κ2) is 9.81. The maximum atomic E-state index is 15.7. The van der Waals surface area contributed by atoms with Crippen LogP contribution >= 0.6 is 0 Å². The van der Waals surface area contributed by atoms with Gasteiger partial charge >= 0.3 is 12.1 Å². The molecule has 0 aliphatic heterocycles. The number of halogens is 1. The number of benzene rings is 2. The molecule has 0 saturated heterocycles. The molecule has 1 amide bonds. The Morgan fingerprint density at radius 1 is 1.24 bits per heavy atom. The number of hydrogen-bond acceptors (Lipinski definition) is 5. The normalized spacial score (nSPS) is 14.5. The molecule has 0 unspecified atom stereocenters. The standard InChI is InChI=1S/C26H32FNO5/c1-6-32-22(30)14-20(28-25(31)33-26(3,4)5)19-13-17(12-18(24(19)27)16-10-11-16)23-15(2)8-7-9-21(23)29/h7-9,12-13,16,20,29H,6,10-11,14H2,1-5H3,(H,28,31)/t20-/m0/s1. The van der Waals surface area contributed by atoms with E-state index in [-0.39, 0.29) is 30.3 Å². The molecular formula is C26H32FNO5. The molecule has 2 aromatic carbocycles. The van der Waals surface area contributed by atoms with Crippen molar-refractivity contribution in [2.75, 3.05) is 6.61 Å². The number of nitrogens with one attached hydrogen (secondary N) is 1. The third-order valence-corrected chi connectivity index (χ3v) is 5.43. The maximum Gasteiger partial charge on any atom is 0.408 e. The fourth-order valence-electron chi connectivity index (χ4n) is 3.86. The number of carbonyl (C=O) groups is 2. The SMILES string of the molecule is CCOC(=O)C[C@H](NC(=O)OC(C)(C)C)c1cc(-c2c(C)cccc2O)cc(C2CC2)c1F. The Labute approximate surface area is 194 Å². The number of esters is 1. The highest BCUT2D eigenvalue weighted by atomic mass is 19.1. The first-order valence-corrected chi connectivity index (χ1v) is 11.3. The van der Waals surface area contributed by atoms with Crippen molar-refractivity contribution in [2.24, 2.45) is 0 Å². The molecule has 0 radical (unpaired) electrons. The average Bonchev–Trinajstić information content (AvgIpc) is 3.52. The molecule has 1 fully saturated rings. The number of hydrogen-bond donors (Lipinski definition) is 2.